The number of phenols is 2. The van der Waals surface area contributed by atoms with Gasteiger partial charge in [-0.2, -0.15) is 0 Å². The number of aromatic hydroxyl groups is 2. The summed E-state index contributed by atoms with van der Waals surface area (Å²) >= 11 is 0. The van der Waals surface area contributed by atoms with E-state index in [1.165, 1.54) is 12.3 Å². The van der Waals surface area contributed by atoms with Crippen LogP contribution in [0.2, 0.25) is 0 Å². The molecular formula is C16H11N3O5. The minimum atomic E-state index is -0.726. The maximum Gasteiger partial charge on any atom is 0.271 e. The average Bonchev–Trinajstić information content (AvgIpc) is 2.57. The molecule has 2 aromatic carbocycles. The first-order valence-electron chi connectivity index (χ1n) is 6.83. The van der Waals surface area contributed by atoms with E-state index in [0.29, 0.717) is 5.39 Å². The molecule has 0 fully saturated rings. The lowest BCUT2D eigenvalue weighted by Crippen LogP contribution is -2.12. The molecule has 24 heavy (non-hydrogen) atoms. The third-order valence-corrected chi connectivity index (χ3v) is 3.43. The van der Waals surface area contributed by atoms with Crippen LogP contribution in [0.25, 0.3) is 10.9 Å². The van der Waals surface area contributed by atoms with Gasteiger partial charge >= 0.3 is 0 Å². The monoisotopic (exact) mass is 325 g/mol. The molecule has 0 saturated heterocycles. The Morgan fingerprint density at radius 1 is 1.17 bits per heavy atom. The first-order valence-corrected chi connectivity index (χ1v) is 6.83. The van der Waals surface area contributed by atoms with E-state index < -0.39 is 10.8 Å². The van der Waals surface area contributed by atoms with Crippen molar-refractivity contribution in [3.8, 4) is 11.5 Å². The molecule has 0 aliphatic heterocycles. The highest BCUT2D eigenvalue weighted by molar-refractivity contribution is 6.09. The van der Waals surface area contributed by atoms with Crippen LogP contribution in [0, 0.1) is 10.1 Å². The van der Waals surface area contributed by atoms with Crippen molar-refractivity contribution in [3.63, 3.8) is 0 Å². The number of anilines is 1. The van der Waals surface area contributed by atoms with Crippen molar-refractivity contribution < 1.29 is 19.9 Å². The fourth-order valence-corrected chi connectivity index (χ4v) is 2.24. The smallest absolute Gasteiger partial charge is 0.271 e. The highest BCUT2D eigenvalue weighted by Gasteiger charge is 2.17. The van der Waals surface area contributed by atoms with Crippen LogP contribution in [0.3, 0.4) is 0 Å². The van der Waals surface area contributed by atoms with Crippen molar-refractivity contribution in [3.05, 3.63) is 64.3 Å². The number of aromatic nitrogens is 1. The van der Waals surface area contributed by atoms with Gasteiger partial charge < -0.3 is 15.5 Å². The molecule has 8 nitrogen and oxygen atoms in total. The van der Waals surface area contributed by atoms with E-state index in [1.807, 2.05) is 0 Å². The molecule has 0 atom stereocenters. The number of fused-ring (bicyclic) bond motifs is 1. The largest absolute Gasteiger partial charge is 0.506 e. The van der Waals surface area contributed by atoms with Crippen molar-refractivity contribution in [2.75, 3.05) is 5.32 Å². The molecule has 0 saturated carbocycles. The number of amides is 1. The highest BCUT2D eigenvalue weighted by Crippen LogP contribution is 2.31. The second-order valence-corrected chi connectivity index (χ2v) is 4.95. The Morgan fingerprint density at radius 2 is 1.96 bits per heavy atom. The molecule has 1 aromatic heterocycles. The molecule has 3 rings (SSSR count). The molecule has 1 heterocycles. The van der Waals surface area contributed by atoms with Gasteiger partial charge in [-0.1, -0.05) is 12.1 Å². The number of pyridine rings is 1. The highest BCUT2D eigenvalue weighted by atomic mass is 16.6. The van der Waals surface area contributed by atoms with E-state index in [9.17, 15) is 25.1 Å². The summed E-state index contributed by atoms with van der Waals surface area (Å²) in [4.78, 5) is 26.5. The van der Waals surface area contributed by atoms with Gasteiger partial charge in [-0.15, -0.1) is 0 Å². The molecule has 0 aliphatic carbocycles. The van der Waals surface area contributed by atoms with Gasteiger partial charge in [0, 0.05) is 23.7 Å². The number of rotatable bonds is 3. The summed E-state index contributed by atoms with van der Waals surface area (Å²) in [6.45, 7) is 0. The normalized spacial score (nSPS) is 10.5. The van der Waals surface area contributed by atoms with Gasteiger partial charge in [0.25, 0.3) is 11.6 Å². The summed E-state index contributed by atoms with van der Waals surface area (Å²) < 4.78 is 0. The Labute approximate surface area is 135 Å². The lowest BCUT2D eigenvalue weighted by Gasteiger charge is -2.09. The molecule has 120 valence electrons. The lowest BCUT2D eigenvalue weighted by atomic mass is 10.1. The zero-order valence-electron chi connectivity index (χ0n) is 12.1. The number of phenolic OH excluding ortho intramolecular Hbond substituents is 2. The van der Waals surface area contributed by atoms with Crippen molar-refractivity contribution >= 4 is 28.2 Å². The summed E-state index contributed by atoms with van der Waals surface area (Å²) in [5.74, 6) is -1.36. The van der Waals surface area contributed by atoms with Crippen LogP contribution < -0.4 is 5.32 Å². The predicted molar refractivity (Wildman–Crippen MR) is 86.1 cm³/mol. The summed E-state index contributed by atoms with van der Waals surface area (Å²) in [6, 6.07) is 9.70. The van der Waals surface area contributed by atoms with Crippen LogP contribution in [-0.4, -0.2) is 26.0 Å². The number of benzene rings is 2. The number of carbonyl (C=O) groups is 1. The molecule has 8 heteroatoms. The maximum atomic E-state index is 12.3. The first kappa shape index (κ1) is 15.2. The lowest BCUT2D eigenvalue weighted by molar-refractivity contribution is -0.384. The molecule has 0 bridgehead atoms. The number of nitro benzene ring substituents is 1. The topological polar surface area (TPSA) is 126 Å². The van der Waals surface area contributed by atoms with E-state index >= 15 is 0 Å². The number of hydrogen-bond acceptors (Lipinski definition) is 6. The Kier molecular flexibility index (Phi) is 3.70. The number of nitrogens with zero attached hydrogens (tertiary/aromatic N) is 2. The average molecular weight is 325 g/mol. The third kappa shape index (κ3) is 2.68. The molecule has 0 aliphatic rings. The van der Waals surface area contributed by atoms with Crippen LogP contribution >= 0.6 is 0 Å². The zero-order chi connectivity index (χ0) is 17.3. The van der Waals surface area contributed by atoms with E-state index in [0.717, 1.165) is 18.2 Å². The summed E-state index contributed by atoms with van der Waals surface area (Å²) in [6.07, 6.45) is 1.48. The van der Waals surface area contributed by atoms with Gasteiger partial charge in [0.15, 0.2) is 5.75 Å². The van der Waals surface area contributed by atoms with Gasteiger partial charge in [-0.05, 0) is 18.2 Å². The molecule has 0 radical (unpaired) electrons. The Morgan fingerprint density at radius 3 is 2.71 bits per heavy atom. The second kappa shape index (κ2) is 5.84. The number of non-ortho nitro benzene ring substituents is 1. The first-order chi connectivity index (χ1) is 11.5. The van der Waals surface area contributed by atoms with Crippen LogP contribution in [0.5, 0.6) is 11.5 Å². The van der Waals surface area contributed by atoms with Crippen LogP contribution in [0.4, 0.5) is 11.4 Å². The summed E-state index contributed by atoms with van der Waals surface area (Å²) in [5, 5.41) is 33.7. The van der Waals surface area contributed by atoms with Gasteiger partial charge in [0.2, 0.25) is 0 Å². The van der Waals surface area contributed by atoms with Crippen molar-refractivity contribution in [1.82, 2.24) is 4.98 Å². The number of nitro groups is 1. The standard InChI is InChI=1S/C16H11N3O5/c20-13-6-4-10(19(23)24)8-12(13)18-16(22)11-5-3-9-2-1-7-17-14(9)15(11)21/h1-8,20-21H,(H,18,22). The van der Waals surface area contributed by atoms with Gasteiger partial charge in [-0.3, -0.25) is 19.9 Å². The van der Waals surface area contributed by atoms with Crippen molar-refractivity contribution in [1.29, 1.82) is 0 Å². The van der Waals surface area contributed by atoms with E-state index in [4.69, 9.17) is 0 Å². The Bertz CT molecular complexity index is 971. The van der Waals surface area contributed by atoms with E-state index in [-0.39, 0.29) is 34.0 Å². The van der Waals surface area contributed by atoms with Crippen LogP contribution in [0.1, 0.15) is 10.4 Å². The van der Waals surface area contributed by atoms with Gasteiger partial charge in [0.05, 0.1) is 16.2 Å². The van der Waals surface area contributed by atoms with E-state index in [1.54, 1.807) is 18.2 Å². The third-order valence-electron chi connectivity index (χ3n) is 3.43. The quantitative estimate of drug-likeness (QED) is 0.386. The number of nitrogens with one attached hydrogen (secondary N) is 1. The maximum absolute atomic E-state index is 12.3. The van der Waals surface area contributed by atoms with Gasteiger partial charge in [0.1, 0.15) is 11.3 Å². The number of hydrogen-bond donors (Lipinski definition) is 3. The van der Waals surface area contributed by atoms with Crippen LogP contribution in [0.15, 0.2) is 48.7 Å². The minimum Gasteiger partial charge on any atom is -0.506 e. The van der Waals surface area contributed by atoms with E-state index in [2.05, 4.69) is 10.3 Å². The van der Waals surface area contributed by atoms with Crippen molar-refractivity contribution in [2.45, 2.75) is 0 Å². The predicted octanol–water partition coefficient (Wildman–Crippen LogP) is 2.81. The molecule has 1 amide bonds. The fourth-order valence-electron chi connectivity index (χ4n) is 2.24. The summed E-state index contributed by atoms with van der Waals surface area (Å²) in [5.41, 5.74) is -0.220. The summed E-state index contributed by atoms with van der Waals surface area (Å²) in [7, 11) is 0. The molecule has 0 unspecified atom stereocenters. The number of carbonyl (C=O) groups excluding carboxylic acids is 1. The SMILES string of the molecule is O=C(Nc1cc([N+](=O)[O-])ccc1O)c1ccc2cccnc2c1O. The zero-order valence-corrected chi connectivity index (χ0v) is 12.1. The minimum absolute atomic E-state index is 0.0629. The Hall–Kier alpha value is -3.68. The Balaban J connectivity index is 1.97. The molecular weight excluding hydrogens is 314 g/mol. The van der Waals surface area contributed by atoms with Crippen LogP contribution in [-0.2, 0) is 0 Å². The van der Waals surface area contributed by atoms with Crippen molar-refractivity contribution in [2.24, 2.45) is 0 Å². The molecule has 3 aromatic rings. The molecule has 3 N–H and O–H groups in total. The molecule has 0 spiro atoms. The van der Waals surface area contributed by atoms with Gasteiger partial charge in [-0.25, -0.2) is 0 Å². The second-order valence-electron chi connectivity index (χ2n) is 4.95. The fraction of sp³-hybridized carbons (Fsp3) is 0.